The van der Waals surface area contributed by atoms with Gasteiger partial charge in [-0.3, -0.25) is 18.8 Å². The van der Waals surface area contributed by atoms with Crippen molar-refractivity contribution in [3.63, 3.8) is 0 Å². The van der Waals surface area contributed by atoms with Gasteiger partial charge in [-0.25, -0.2) is 15.0 Å². The van der Waals surface area contributed by atoms with Gasteiger partial charge in [0.05, 0.1) is 17.5 Å². The van der Waals surface area contributed by atoms with Crippen molar-refractivity contribution < 1.29 is 14.4 Å². The molecule has 11 heteroatoms. The van der Waals surface area contributed by atoms with E-state index in [-0.39, 0.29) is 30.3 Å². The Morgan fingerprint density at radius 3 is 2.80 bits per heavy atom. The number of nitrogens with two attached hydrogens (primary N) is 1. The van der Waals surface area contributed by atoms with Gasteiger partial charge in [0, 0.05) is 46.8 Å². The van der Waals surface area contributed by atoms with E-state index in [1.807, 2.05) is 53.9 Å². The van der Waals surface area contributed by atoms with E-state index in [1.54, 1.807) is 34.1 Å². The maximum Gasteiger partial charge on any atom is 0.250 e. The van der Waals surface area contributed by atoms with Crippen molar-refractivity contribution in [1.82, 2.24) is 28.8 Å². The average Bonchev–Trinajstić information content (AvgIpc) is 3.75. The topological polar surface area (TPSA) is 141 Å². The molecule has 1 aliphatic heterocycles. The molecule has 7 rings (SSSR count). The lowest BCUT2D eigenvalue weighted by Crippen LogP contribution is -2.51. The Morgan fingerprint density at radius 2 is 1.98 bits per heavy atom. The molecule has 2 aliphatic rings. The third-order valence-corrected chi connectivity index (χ3v) is 8.32. The Bertz CT molecular complexity index is 1860. The van der Waals surface area contributed by atoms with Crippen LogP contribution in [0.5, 0.6) is 0 Å². The lowest BCUT2D eigenvalue weighted by atomic mass is 9.97. The Hall–Kier alpha value is -5.06. The van der Waals surface area contributed by atoms with E-state index >= 15 is 0 Å². The van der Waals surface area contributed by atoms with Crippen LogP contribution in [0.2, 0.25) is 0 Å². The molecule has 5 heterocycles. The largest absolute Gasteiger partial charge is 0.366 e. The standard InChI is InChI=1S/C30H28N8O3/c1-17-4-2-5-25(34-17)35-29(41)27-19-6-8-20(12-19)38(27)26(39)16-36-15-22(28(31)40)21-13-18(7-9-23(21)36)24-14-33-30-32-10-3-11-37(24)30/h2-5,7,9-11,13-15,19-20,27H,6,8,12,16H2,1H3,(H2,31,40)(H,34,35,41)/t19?,20?,27-/m0/s1. The first-order valence-electron chi connectivity index (χ1n) is 13.6. The first-order chi connectivity index (χ1) is 19.9. The highest BCUT2D eigenvalue weighted by atomic mass is 16.2. The highest BCUT2D eigenvalue weighted by Crippen LogP contribution is 2.43. The first kappa shape index (κ1) is 24.9. The number of hydrogen-bond acceptors (Lipinski definition) is 6. The van der Waals surface area contributed by atoms with E-state index in [4.69, 9.17) is 5.73 Å². The fraction of sp³-hybridized carbons (Fsp3) is 0.267. The number of benzene rings is 1. The summed E-state index contributed by atoms with van der Waals surface area (Å²) in [5, 5.41) is 3.56. The number of fused-ring (bicyclic) bond motifs is 4. The lowest BCUT2D eigenvalue weighted by Gasteiger charge is -2.34. The van der Waals surface area contributed by atoms with Crippen LogP contribution in [0, 0.1) is 12.8 Å². The van der Waals surface area contributed by atoms with Crippen LogP contribution in [-0.2, 0) is 16.1 Å². The number of carbonyl (C=O) groups is 3. The third kappa shape index (κ3) is 4.21. The number of amides is 3. The number of rotatable bonds is 6. The van der Waals surface area contributed by atoms with Gasteiger partial charge >= 0.3 is 0 Å². The highest BCUT2D eigenvalue weighted by Gasteiger charge is 2.51. The summed E-state index contributed by atoms with van der Waals surface area (Å²) in [4.78, 5) is 54.4. The molecule has 3 N–H and O–H groups in total. The summed E-state index contributed by atoms with van der Waals surface area (Å²) in [5.74, 6) is 0.188. The lowest BCUT2D eigenvalue weighted by molar-refractivity contribution is -0.141. The third-order valence-electron chi connectivity index (χ3n) is 8.32. The maximum atomic E-state index is 13.8. The van der Waals surface area contributed by atoms with E-state index < -0.39 is 11.9 Å². The highest BCUT2D eigenvalue weighted by molar-refractivity contribution is 6.07. The minimum Gasteiger partial charge on any atom is -0.366 e. The van der Waals surface area contributed by atoms with Crippen LogP contribution in [0.3, 0.4) is 0 Å². The SMILES string of the molecule is Cc1cccc(NC(=O)[C@@H]2C3CCC(C3)N2C(=O)Cn2cc(C(N)=O)c3cc(-c4cnc5ncccn45)ccc32)n1. The number of pyridine rings is 1. The Balaban J connectivity index is 1.19. The molecular formula is C30H28N8O3. The summed E-state index contributed by atoms with van der Waals surface area (Å²) in [6, 6.07) is 12.4. The molecule has 206 valence electrons. The second kappa shape index (κ2) is 9.54. The molecular weight excluding hydrogens is 520 g/mol. The van der Waals surface area contributed by atoms with Crippen LogP contribution in [0.4, 0.5) is 5.82 Å². The molecule has 2 bridgehead atoms. The van der Waals surface area contributed by atoms with E-state index in [2.05, 4.69) is 20.3 Å². The van der Waals surface area contributed by atoms with Crippen molar-refractivity contribution in [2.24, 2.45) is 11.7 Å². The first-order valence-corrected chi connectivity index (χ1v) is 13.6. The van der Waals surface area contributed by atoms with Crippen molar-refractivity contribution in [2.75, 3.05) is 5.32 Å². The van der Waals surface area contributed by atoms with Crippen molar-refractivity contribution >= 4 is 40.2 Å². The predicted octanol–water partition coefficient (Wildman–Crippen LogP) is 3.17. The number of nitrogens with one attached hydrogen (secondary N) is 1. The van der Waals surface area contributed by atoms with Gasteiger partial charge in [-0.05, 0) is 62.4 Å². The van der Waals surface area contributed by atoms with Crippen molar-refractivity contribution in [3.8, 4) is 11.3 Å². The number of likely N-dealkylation sites (tertiary alicyclic amines) is 1. The number of carbonyl (C=O) groups excluding carboxylic acids is 3. The predicted molar refractivity (Wildman–Crippen MR) is 152 cm³/mol. The number of imidazole rings is 1. The van der Waals surface area contributed by atoms with E-state index in [0.717, 1.165) is 36.2 Å². The molecule has 1 saturated heterocycles. The molecule has 41 heavy (non-hydrogen) atoms. The molecule has 5 aromatic rings. The van der Waals surface area contributed by atoms with Gasteiger partial charge in [0.15, 0.2) is 0 Å². The van der Waals surface area contributed by atoms with Crippen LogP contribution < -0.4 is 11.1 Å². The number of anilines is 1. The van der Waals surface area contributed by atoms with Crippen molar-refractivity contribution in [3.05, 3.63) is 78.5 Å². The fourth-order valence-corrected chi connectivity index (χ4v) is 6.55. The van der Waals surface area contributed by atoms with E-state index in [0.29, 0.717) is 28.1 Å². The molecule has 2 unspecified atom stereocenters. The summed E-state index contributed by atoms with van der Waals surface area (Å²) in [7, 11) is 0. The van der Waals surface area contributed by atoms with Gasteiger partial charge in [0.1, 0.15) is 18.4 Å². The Morgan fingerprint density at radius 1 is 1.10 bits per heavy atom. The zero-order chi connectivity index (χ0) is 28.2. The number of aryl methyl sites for hydroxylation is 1. The van der Waals surface area contributed by atoms with Gasteiger partial charge in [-0.15, -0.1) is 0 Å². The number of primary amides is 1. The zero-order valence-corrected chi connectivity index (χ0v) is 22.4. The van der Waals surface area contributed by atoms with Crippen molar-refractivity contribution in [1.29, 1.82) is 0 Å². The van der Waals surface area contributed by atoms with Gasteiger partial charge in [0.2, 0.25) is 17.6 Å². The second-order valence-corrected chi connectivity index (χ2v) is 10.8. The van der Waals surface area contributed by atoms with Gasteiger partial charge in [0.25, 0.3) is 5.91 Å². The summed E-state index contributed by atoms with van der Waals surface area (Å²) in [6.45, 7) is 1.85. The van der Waals surface area contributed by atoms with E-state index in [9.17, 15) is 14.4 Å². The van der Waals surface area contributed by atoms with Crippen LogP contribution in [0.15, 0.2) is 67.3 Å². The number of hydrogen-bond donors (Lipinski definition) is 2. The van der Waals surface area contributed by atoms with Crippen molar-refractivity contribution in [2.45, 2.75) is 44.8 Å². The van der Waals surface area contributed by atoms with Gasteiger partial charge in [-0.1, -0.05) is 12.1 Å². The molecule has 1 saturated carbocycles. The molecule has 1 aliphatic carbocycles. The number of aromatic nitrogens is 5. The van der Waals surface area contributed by atoms with Crippen LogP contribution >= 0.6 is 0 Å². The maximum absolute atomic E-state index is 13.8. The minimum absolute atomic E-state index is 0.0153. The second-order valence-electron chi connectivity index (χ2n) is 10.8. The van der Waals surface area contributed by atoms with Gasteiger partial charge < -0.3 is 20.5 Å². The molecule has 1 aromatic carbocycles. The molecule has 2 fully saturated rings. The molecule has 0 radical (unpaired) electrons. The minimum atomic E-state index is -0.582. The number of piperidine rings is 1. The smallest absolute Gasteiger partial charge is 0.250 e. The zero-order valence-electron chi connectivity index (χ0n) is 22.4. The quantitative estimate of drug-likeness (QED) is 0.334. The van der Waals surface area contributed by atoms with Crippen LogP contribution in [-0.4, -0.2) is 58.6 Å². The average molecular weight is 549 g/mol. The molecule has 4 aromatic heterocycles. The van der Waals surface area contributed by atoms with Crippen LogP contribution in [0.25, 0.3) is 27.9 Å². The Labute approximate surface area is 235 Å². The molecule has 11 nitrogen and oxygen atoms in total. The van der Waals surface area contributed by atoms with E-state index in [1.165, 1.54) is 0 Å². The number of nitrogens with zero attached hydrogens (tertiary/aromatic N) is 6. The normalized spacial score (nSPS) is 19.7. The van der Waals surface area contributed by atoms with Gasteiger partial charge in [-0.2, -0.15) is 0 Å². The fourth-order valence-electron chi connectivity index (χ4n) is 6.55. The summed E-state index contributed by atoms with van der Waals surface area (Å²) in [5.41, 5.74) is 9.25. The molecule has 3 atom stereocenters. The van der Waals surface area contributed by atoms with Crippen LogP contribution in [0.1, 0.15) is 35.3 Å². The summed E-state index contributed by atoms with van der Waals surface area (Å²) < 4.78 is 3.62. The molecule has 3 amide bonds. The monoisotopic (exact) mass is 548 g/mol. The Kier molecular flexibility index (Phi) is 5.81. The summed E-state index contributed by atoms with van der Waals surface area (Å²) >= 11 is 0. The summed E-state index contributed by atoms with van der Waals surface area (Å²) in [6.07, 6.45) is 9.50. The molecule has 0 spiro atoms.